The van der Waals surface area contributed by atoms with Crippen LogP contribution >= 0.6 is 0 Å². The second-order valence-electron chi connectivity index (χ2n) is 5.01. The Labute approximate surface area is 90.4 Å². The van der Waals surface area contributed by atoms with Gasteiger partial charge < -0.3 is 9.67 Å². The fraction of sp³-hybridized carbons (Fsp3) is 0.583. The van der Waals surface area contributed by atoms with Gasteiger partial charge in [-0.05, 0) is 17.9 Å². The number of aliphatic hydroxyl groups excluding tert-OH is 1. The summed E-state index contributed by atoms with van der Waals surface area (Å²) in [5.74, 6) is 0. The predicted octanol–water partition coefficient (Wildman–Crippen LogP) is 1.53. The molecule has 15 heavy (non-hydrogen) atoms. The molecule has 1 rings (SSSR count). The van der Waals surface area contributed by atoms with Crippen LogP contribution in [0, 0.1) is 0 Å². The molecule has 1 heterocycles. The van der Waals surface area contributed by atoms with Gasteiger partial charge in [0.15, 0.2) is 0 Å². The molecule has 0 fully saturated rings. The molecule has 0 aliphatic carbocycles. The van der Waals surface area contributed by atoms with E-state index >= 15 is 0 Å². The minimum atomic E-state index is -0.502. The van der Waals surface area contributed by atoms with Gasteiger partial charge in [0.2, 0.25) is 0 Å². The molecule has 0 aromatic carbocycles. The maximum absolute atomic E-state index is 11.5. The summed E-state index contributed by atoms with van der Waals surface area (Å²) in [7, 11) is 0. The molecule has 1 atom stereocenters. The molecule has 0 saturated heterocycles. The van der Waals surface area contributed by atoms with E-state index in [0.29, 0.717) is 6.54 Å². The molecule has 0 aliphatic heterocycles. The average molecular weight is 209 g/mol. The Morgan fingerprint density at radius 1 is 1.40 bits per heavy atom. The number of nitrogens with zero attached hydrogens (tertiary/aromatic N) is 1. The molecule has 1 aromatic heterocycles. The summed E-state index contributed by atoms with van der Waals surface area (Å²) < 4.78 is 1.56. The largest absolute Gasteiger partial charge is 0.392 e. The number of rotatable bonds is 2. The Morgan fingerprint density at radius 3 is 2.47 bits per heavy atom. The molecule has 0 saturated carbocycles. The maximum Gasteiger partial charge on any atom is 0.250 e. The standard InChI is InChI=1S/C12H19NO2/c1-9(14)7-13-8-10(12(2,3)4)5-6-11(13)15/h5-6,8-9,14H,7H2,1-4H3/t9-/m0/s1. The second kappa shape index (κ2) is 4.19. The van der Waals surface area contributed by atoms with Crippen LogP contribution in [0.1, 0.15) is 33.3 Å². The van der Waals surface area contributed by atoms with Gasteiger partial charge in [-0.1, -0.05) is 26.8 Å². The number of hydrogen-bond donors (Lipinski definition) is 1. The topological polar surface area (TPSA) is 42.2 Å². The third-order valence-electron chi connectivity index (χ3n) is 2.31. The number of aliphatic hydroxyl groups is 1. The van der Waals surface area contributed by atoms with Gasteiger partial charge >= 0.3 is 0 Å². The maximum atomic E-state index is 11.5. The van der Waals surface area contributed by atoms with Crippen LogP contribution in [0.2, 0.25) is 0 Å². The van der Waals surface area contributed by atoms with Crippen molar-refractivity contribution in [3.05, 3.63) is 34.2 Å². The number of pyridine rings is 1. The van der Waals surface area contributed by atoms with Crippen molar-refractivity contribution in [2.24, 2.45) is 0 Å². The molecule has 0 spiro atoms. The average Bonchev–Trinajstić information content (AvgIpc) is 2.06. The van der Waals surface area contributed by atoms with Crippen molar-refractivity contribution < 1.29 is 5.11 Å². The van der Waals surface area contributed by atoms with Gasteiger partial charge in [-0.25, -0.2) is 0 Å². The lowest BCUT2D eigenvalue weighted by Crippen LogP contribution is -2.26. The molecule has 3 nitrogen and oxygen atoms in total. The van der Waals surface area contributed by atoms with Crippen molar-refractivity contribution in [3.63, 3.8) is 0 Å². The number of hydrogen-bond acceptors (Lipinski definition) is 2. The first-order valence-electron chi connectivity index (χ1n) is 5.20. The van der Waals surface area contributed by atoms with Crippen LogP contribution in [-0.4, -0.2) is 15.8 Å². The van der Waals surface area contributed by atoms with Gasteiger partial charge in [-0.3, -0.25) is 4.79 Å². The van der Waals surface area contributed by atoms with E-state index in [2.05, 4.69) is 20.8 Å². The Morgan fingerprint density at radius 2 is 2.00 bits per heavy atom. The van der Waals surface area contributed by atoms with Crippen molar-refractivity contribution in [1.82, 2.24) is 4.57 Å². The smallest absolute Gasteiger partial charge is 0.250 e. The lowest BCUT2D eigenvalue weighted by molar-refractivity contribution is 0.172. The van der Waals surface area contributed by atoms with Gasteiger partial charge in [0.25, 0.3) is 5.56 Å². The van der Waals surface area contributed by atoms with Crippen LogP contribution in [0.5, 0.6) is 0 Å². The normalized spacial score (nSPS) is 13.9. The molecule has 0 aliphatic rings. The lowest BCUT2D eigenvalue weighted by Gasteiger charge is -2.20. The summed E-state index contributed by atoms with van der Waals surface area (Å²) in [6, 6.07) is 3.41. The Kier molecular flexibility index (Phi) is 3.35. The van der Waals surface area contributed by atoms with Crippen LogP contribution in [0.25, 0.3) is 0 Å². The predicted molar refractivity (Wildman–Crippen MR) is 61.1 cm³/mol. The molecule has 1 N–H and O–H groups in total. The fourth-order valence-corrected chi connectivity index (χ4v) is 1.40. The van der Waals surface area contributed by atoms with Gasteiger partial charge in [0.05, 0.1) is 12.6 Å². The first-order chi connectivity index (χ1) is 6.80. The summed E-state index contributed by atoms with van der Waals surface area (Å²) >= 11 is 0. The molecule has 0 bridgehead atoms. The van der Waals surface area contributed by atoms with E-state index in [0.717, 1.165) is 5.56 Å². The van der Waals surface area contributed by atoms with E-state index in [4.69, 9.17) is 0 Å². The van der Waals surface area contributed by atoms with E-state index in [1.54, 1.807) is 17.6 Å². The van der Waals surface area contributed by atoms with E-state index in [1.165, 1.54) is 0 Å². The zero-order chi connectivity index (χ0) is 11.6. The van der Waals surface area contributed by atoms with Crippen molar-refractivity contribution in [1.29, 1.82) is 0 Å². The highest BCUT2D eigenvalue weighted by atomic mass is 16.3. The monoisotopic (exact) mass is 209 g/mol. The Balaban J connectivity index is 3.11. The molecule has 0 amide bonds. The zero-order valence-corrected chi connectivity index (χ0v) is 9.82. The van der Waals surface area contributed by atoms with E-state index in [-0.39, 0.29) is 11.0 Å². The summed E-state index contributed by atoms with van der Waals surface area (Å²) in [5.41, 5.74) is 1.06. The third-order valence-corrected chi connectivity index (χ3v) is 2.31. The van der Waals surface area contributed by atoms with Crippen LogP contribution in [-0.2, 0) is 12.0 Å². The highest BCUT2D eigenvalue weighted by molar-refractivity contribution is 5.18. The Hall–Kier alpha value is -1.09. The fourth-order valence-electron chi connectivity index (χ4n) is 1.40. The van der Waals surface area contributed by atoms with Crippen molar-refractivity contribution >= 4 is 0 Å². The summed E-state index contributed by atoms with van der Waals surface area (Å²) in [6.45, 7) is 8.32. The van der Waals surface area contributed by atoms with E-state index in [1.807, 2.05) is 12.3 Å². The second-order valence-corrected chi connectivity index (χ2v) is 5.01. The SMILES string of the molecule is C[C@H](O)Cn1cc(C(C)(C)C)ccc1=O. The van der Waals surface area contributed by atoms with Gasteiger partial charge in [-0.15, -0.1) is 0 Å². The number of aromatic nitrogens is 1. The van der Waals surface area contributed by atoms with Crippen LogP contribution in [0.15, 0.2) is 23.1 Å². The minimum absolute atomic E-state index is 0.0220. The van der Waals surface area contributed by atoms with Gasteiger partial charge in [0, 0.05) is 12.3 Å². The van der Waals surface area contributed by atoms with Crippen molar-refractivity contribution in [2.45, 2.75) is 45.8 Å². The van der Waals surface area contributed by atoms with Crippen molar-refractivity contribution in [2.75, 3.05) is 0 Å². The highest BCUT2D eigenvalue weighted by Crippen LogP contribution is 2.20. The minimum Gasteiger partial charge on any atom is -0.392 e. The molecule has 0 unspecified atom stereocenters. The molecule has 0 radical (unpaired) electrons. The molecular formula is C12H19NO2. The first-order valence-corrected chi connectivity index (χ1v) is 5.20. The molecule has 84 valence electrons. The van der Waals surface area contributed by atoms with E-state index in [9.17, 15) is 9.90 Å². The van der Waals surface area contributed by atoms with E-state index < -0.39 is 6.10 Å². The highest BCUT2D eigenvalue weighted by Gasteiger charge is 2.14. The van der Waals surface area contributed by atoms with Crippen molar-refractivity contribution in [3.8, 4) is 0 Å². The van der Waals surface area contributed by atoms with Gasteiger partial charge in [0.1, 0.15) is 0 Å². The zero-order valence-electron chi connectivity index (χ0n) is 9.82. The van der Waals surface area contributed by atoms with Crippen LogP contribution in [0.4, 0.5) is 0 Å². The Bertz CT molecular complexity index is 385. The lowest BCUT2D eigenvalue weighted by atomic mass is 9.88. The first kappa shape index (κ1) is 12.0. The van der Waals surface area contributed by atoms with Gasteiger partial charge in [-0.2, -0.15) is 0 Å². The quantitative estimate of drug-likeness (QED) is 0.802. The third kappa shape index (κ3) is 3.20. The van der Waals surface area contributed by atoms with Crippen LogP contribution < -0.4 is 5.56 Å². The molecule has 1 aromatic rings. The summed E-state index contributed by atoms with van der Waals surface area (Å²) in [4.78, 5) is 11.5. The molecule has 3 heteroatoms. The van der Waals surface area contributed by atoms with Crippen LogP contribution in [0.3, 0.4) is 0 Å². The molecular weight excluding hydrogens is 190 g/mol. The summed E-state index contributed by atoms with van der Waals surface area (Å²) in [5, 5.41) is 9.26. The summed E-state index contributed by atoms with van der Waals surface area (Å²) in [6.07, 6.45) is 1.33.